The van der Waals surface area contributed by atoms with Crippen molar-refractivity contribution < 1.29 is 22.8 Å². The zero-order chi connectivity index (χ0) is 24.5. The SMILES string of the molecule is CN(C(=O)CC1NC(=O)NC1=O)C1C2CCC1CN(CCCS(=O)(=O)c1ccc(C#N)cc1)C2. The third-order valence-electron chi connectivity index (χ3n) is 7.17. The second kappa shape index (κ2) is 9.72. The maximum Gasteiger partial charge on any atom is 0.322 e. The number of urea groups is 1. The van der Waals surface area contributed by atoms with Gasteiger partial charge in [-0.15, -0.1) is 0 Å². The van der Waals surface area contributed by atoms with E-state index in [0.29, 0.717) is 30.4 Å². The van der Waals surface area contributed by atoms with Crippen LogP contribution in [0.25, 0.3) is 0 Å². The molecule has 1 aromatic carbocycles. The molecule has 4 amide bonds. The molecule has 0 aromatic heterocycles. The topological polar surface area (TPSA) is 140 Å². The van der Waals surface area contributed by atoms with E-state index in [4.69, 9.17) is 5.26 Å². The fourth-order valence-corrected chi connectivity index (χ4v) is 6.82. The number of likely N-dealkylation sites (tertiary alicyclic amines) is 1. The van der Waals surface area contributed by atoms with Gasteiger partial charge in [-0.1, -0.05) is 0 Å². The average Bonchev–Trinajstić information content (AvgIpc) is 3.26. The van der Waals surface area contributed by atoms with Gasteiger partial charge in [-0.3, -0.25) is 14.9 Å². The van der Waals surface area contributed by atoms with Gasteiger partial charge < -0.3 is 15.1 Å². The number of nitriles is 1. The highest BCUT2D eigenvalue weighted by Crippen LogP contribution is 2.40. The zero-order valence-electron chi connectivity index (χ0n) is 19.1. The summed E-state index contributed by atoms with van der Waals surface area (Å²) in [7, 11) is -1.63. The number of sulfone groups is 1. The van der Waals surface area contributed by atoms with Crippen LogP contribution in [0.5, 0.6) is 0 Å². The summed E-state index contributed by atoms with van der Waals surface area (Å²) in [5, 5.41) is 13.5. The fourth-order valence-electron chi connectivity index (χ4n) is 5.53. The molecular formula is C23H29N5O5S. The van der Waals surface area contributed by atoms with E-state index in [1.54, 1.807) is 11.9 Å². The number of imide groups is 1. The van der Waals surface area contributed by atoms with Gasteiger partial charge in [0.05, 0.1) is 28.7 Å². The number of carbonyl (C=O) groups is 3. The summed E-state index contributed by atoms with van der Waals surface area (Å²) in [4.78, 5) is 40.1. The maximum absolute atomic E-state index is 12.8. The Hall–Kier alpha value is -2.97. The Bertz CT molecular complexity index is 1100. The van der Waals surface area contributed by atoms with Crippen molar-refractivity contribution >= 4 is 27.7 Å². The van der Waals surface area contributed by atoms with Crippen molar-refractivity contribution in [1.82, 2.24) is 20.4 Å². The number of benzene rings is 1. The fraction of sp³-hybridized carbons (Fsp3) is 0.565. The van der Waals surface area contributed by atoms with Crippen molar-refractivity contribution in [3.63, 3.8) is 0 Å². The number of piperidine rings is 1. The zero-order valence-corrected chi connectivity index (χ0v) is 19.9. The van der Waals surface area contributed by atoms with E-state index in [9.17, 15) is 22.8 Å². The lowest BCUT2D eigenvalue weighted by atomic mass is 9.90. The van der Waals surface area contributed by atoms with Gasteiger partial charge in [-0.05, 0) is 61.9 Å². The van der Waals surface area contributed by atoms with Crippen molar-refractivity contribution in [1.29, 1.82) is 5.26 Å². The van der Waals surface area contributed by atoms with Crippen LogP contribution in [0, 0.1) is 23.2 Å². The largest absolute Gasteiger partial charge is 0.342 e. The molecular weight excluding hydrogens is 458 g/mol. The van der Waals surface area contributed by atoms with Crippen LogP contribution in [0.2, 0.25) is 0 Å². The Morgan fingerprint density at radius 3 is 2.38 bits per heavy atom. The Balaban J connectivity index is 1.28. The van der Waals surface area contributed by atoms with Gasteiger partial charge in [-0.2, -0.15) is 5.26 Å². The molecule has 2 heterocycles. The molecule has 0 radical (unpaired) electrons. The lowest BCUT2D eigenvalue weighted by molar-refractivity contribution is -0.137. The Labute approximate surface area is 199 Å². The van der Waals surface area contributed by atoms with Crippen LogP contribution in [-0.4, -0.2) is 80.6 Å². The molecule has 2 bridgehead atoms. The number of hydrogen-bond acceptors (Lipinski definition) is 7. The molecule has 1 aromatic rings. The van der Waals surface area contributed by atoms with Gasteiger partial charge in [0, 0.05) is 26.2 Å². The van der Waals surface area contributed by atoms with E-state index >= 15 is 0 Å². The molecule has 182 valence electrons. The van der Waals surface area contributed by atoms with Crippen molar-refractivity contribution in [2.45, 2.75) is 42.7 Å². The van der Waals surface area contributed by atoms with Crippen molar-refractivity contribution in [3.05, 3.63) is 29.8 Å². The minimum atomic E-state index is -3.40. The van der Waals surface area contributed by atoms with Crippen molar-refractivity contribution in [2.24, 2.45) is 11.8 Å². The van der Waals surface area contributed by atoms with Crippen molar-refractivity contribution in [3.8, 4) is 6.07 Å². The quantitative estimate of drug-likeness (QED) is 0.509. The number of rotatable bonds is 8. The molecule has 4 rings (SSSR count). The standard InChI is InChI=1S/C23H29N5O5S/c1-27(20(29)11-19-22(30)26-23(31)25-19)21-16-5-6-17(21)14-28(13-16)9-2-10-34(32,33)18-7-3-15(12-24)4-8-18/h3-4,7-8,16-17,19,21H,2,5-6,9-11,13-14H2,1H3,(H2,25,26,30,31). The highest BCUT2D eigenvalue weighted by molar-refractivity contribution is 7.91. The highest BCUT2D eigenvalue weighted by Gasteiger charge is 2.45. The molecule has 11 heteroatoms. The third kappa shape index (κ3) is 5.08. The normalized spacial score (nSPS) is 26.6. The Morgan fingerprint density at radius 1 is 1.18 bits per heavy atom. The van der Waals surface area contributed by atoms with Crippen molar-refractivity contribution in [2.75, 3.05) is 32.4 Å². The van der Waals surface area contributed by atoms with Crippen LogP contribution in [-0.2, 0) is 19.4 Å². The van der Waals surface area contributed by atoms with E-state index in [1.165, 1.54) is 24.3 Å². The monoisotopic (exact) mass is 487 g/mol. The molecule has 3 fully saturated rings. The van der Waals surface area contributed by atoms with E-state index in [0.717, 1.165) is 25.9 Å². The molecule has 3 unspecified atom stereocenters. The van der Waals surface area contributed by atoms with Gasteiger partial charge >= 0.3 is 6.03 Å². The third-order valence-corrected chi connectivity index (χ3v) is 8.98. The van der Waals surface area contributed by atoms with Gasteiger partial charge in [0.25, 0.3) is 5.91 Å². The van der Waals surface area contributed by atoms with Crippen LogP contribution in [0.1, 0.15) is 31.2 Å². The van der Waals surface area contributed by atoms with E-state index in [2.05, 4.69) is 15.5 Å². The number of nitrogens with one attached hydrogen (secondary N) is 2. The summed E-state index contributed by atoms with van der Waals surface area (Å²) in [5.74, 6) is 0.0122. The molecule has 34 heavy (non-hydrogen) atoms. The maximum atomic E-state index is 12.8. The minimum Gasteiger partial charge on any atom is -0.342 e. The molecule has 1 saturated carbocycles. The molecule has 2 N–H and O–H groups in total. The van der Waals surface area contributed by atoms with E-state index in [1.807, 2.05) is 6.07 Å². The number of hydrogen-bond donors (Lipinski definition) is 2. The van der Waals surface area contributed by atoms with Gasteiger partial charge in [0.15, 0.2) is 9.84 Å². The highest BCUT2D eigenvalue weighted by atomic mass is 32.2. The summed E-state index contributed by atoms with van der Waals surface area (Å²) in [6, 6.07) is 6.67. The first-order valence-corrected chi connectivity index (χ1v) is 13.2. The van der Waals surface area contributed by atoms with Gasteiger partial charge in [0.1, 0.15) is 6.04 Å². The number of amides is 4. The lowest BCUT2D eigenvalue weighted by Gasteiger charge is -2.42. The van der Waals surface area contributed by atoms with Crippen LogP contribution >= 0.6 is 0 Å². The molecule has 10 nitrogen and oxygen atoms in total. The molecule has 1 aliphatic carbocycles. The van der Waals surface area contributed by atoms with E-state index in [-0.39, 0.29) is 29.0 Å². The average molecular weight is 488 g/mol. The van der Waals surface area contributed by atoms with Crippen LogP contribution < -0.4 is 10.6 Å². The molecule has 0 spiro atoms. The van der Waals surface area contributed by atoms with Gasteiger partial charge in [-0.25, -0.2) is 13.2 Å². The van der Waals surface area contributed by atoms with Crippen LogP contribution in [0.4, 0.5) is 4.79 Å². The summed E-state index contributed by atoms with van der Waals surface area (Å²) in [5.41, 5.74) is 0.428. The van der Waals surface area contributed by atoms with Crippen LogP contribution in [0.3, 0.4) is 0 Å². The minimum absolute atomic E-state index is 0.0434. The number of carbonyl (C=O) groups excluding carboxylic acids is 3. The first-order chi connectivity index (χ1) is 16.2. The predicted molar refractivity (Wildman–Crippen MR) is 122 cm³/mol. The molecule has 2 saturated heterocycles. The summed E-state index contributed by atoms with van der Waals surface area (Å²) in [6.45, 7) is 2.27. The smallest absolute Gasteiger partial charge is 0.322 e. The molecule has 3 aliphatic rings. The Kier molecular flexibility index (Phi) is 6.91. The number of fused-ring (bicyclic) bond motifs is 2. The second-order valence-electron chi connectivity index (χ2n) is 9.38. The predicted octanol–water partition coefficient (Wildman–Crippen LogP) is 0.489. The van der Waals surface area contributed by atoms with Gasteiger partial charge in [0.2, 0.25) is 5.91 Å². The Morgan fingerprint density at radius 2 is 1.82 bits per heavy atom. The first kappa shape index (κ1) is 24.2. The second-order valence-corrected chi connectivity index (χ2v) is 11.5. The van der Waals surface area contributed by atoms with Crippen LogP contribution in [0.15, 0.2) is 29.2 Å². The molecule has 3 atom stereocenters. The number of nitrogens with zero attached hydrogens (tertiary/aromatic N) is 3. The summed E-state index contributed by atoms with van der Waals surface area (Å²) < 4.78 is 25.2. The summed E-state index contributed by atoms with van der Waals surface area (Å²) in [6.07, 6.45) is 2.47. The van der Waals surface area contributed by atoms with E-state index < -0.39 is 27.8 Å². The summed E-state index contributed by atoms with van der Waals surface area (Å²) >= 11 is 0. The lowest BCUT2D eigenvalue weighted by Crippen LogP contribution is -2.54. The first-order valence-electron chi connectivity index (χ1n) is 11.5. The molecule has 2 aliphatic heterocycles.